The normalized spacial score (nSPS) is 6.25. The second kappa shape index (κ2) is 5.88. The van der Waals surface area contributed by atoms with E-state index in [1.807, 2.05) is 0 Å². The Hall–Kier alpha value is -1.12. The van der Waals surface area contributed by atoms with Crippen LogP contribution in [0.2, 0.25) is 0 Å². The summed E-state index contributed by atoms with van der Waals surface area (Å²) in [6, 6.07) is 1.95. The van der Waals surface area contributed by atoms with E-state index in [4.69, 9.17) is 7.95 Å². The van der Waals surface area contributed by atoms with Crippen LogP contribution in [0.4, 0.5) is 0 Å². The summed E-state index contributed by atoms with van der Waals surface area (Å²) in [4.78, 5) is 0. The van der Waals surface area contributed by atoms with Crippen LogP contribution in [0.5, 0.6) is 0 Å². The van der Waals surface area contributed by atoms with E-state index in [1.165, 1.54) is 0 Å². The molecule has 0 saturated heterocycles. The molecule has 0 amide bonds. The van der Waals surface area contributed by atoms with Crippen LogP contribution in [0.15, 0.2) is 10.4 Å². The number of allylic oxidation sites excluding steroid dienone is 1. The van der Waals surface area contributed by atoms with Crippen molar-refractivity contribution in [2.24, 2.45) is 4.36 Å². The summed E-state index contributed by atoms with van der Waals surface area (Å²) in [6.45, 7) is 4.86. The minimum absolute atomic E-state index is 0.214. The molecule has 0 aliphatic rings. The van der Waals surface area contributed by atoms with Crippen LogP contribution >= 0.6 is 0 Å². The third-order valence-electron chi connectivity index (χ3n) is 0.299. The van der Waals surface area contributed by atoms with Gasteiger partial charge in [-0.2, -0.15) is 0 Å². The quantitative estimate of drug-likeness (QED) is 0.339. The van der Waals surface area contributed by atoms with Gasteiger partial charge in [0.25, 0.3) is 0 Å². The molecule has 0 aromatic carbocycles. The predicted octanol–water partition coefficient (Wildman–Crippen LogP) is 0.670. The smallest absolute Gasteiger partial charge is 0.0608 e. The van der Waals surface area contributed by atoms with Crippen LogP contribution in [-0.4, -0.2) is 0 Å². The molecule has 0 aromatic heterocycles. The van der Waals surface area contributed by atoms with Gasteiger partial charge in [0.15, 0.2) is 0 Å². The fraction of sp³-hybridized carbons (Fsp3) is 0. The number of nitrogens with zero attached hydrogens (tertiary/aromatic N) is 1. The molecule has 8 heavy (non-hydrogen) atoms. The van der Waals surface area contributed by atoms with E-state index in [-0.39, 0.29) is 6.05 Å². The molecule has 0 aromatic rings. The fourth-order valence-electron chi connectivity index (χ4n) is 0.118. The molecule has 38 valence electrons. The van der Waals surface area contributed by atoms with Gasteiger partial charge in [-0.25, -0.2) is 6.05 Å². The highest BCUT2D eigenvalue weighted by Crippen LogP contribution is 1.56. The summed E-state index contributed by atoms with van der Waals surface area (Å²) >= 11 is 4.13. The molecule has 0 radical (unpaired) electrons. The first-order valence-corrected chi connectivity index (χ1v) is 2.06. The largest absolute Gasteiger partial charge is 0.293 e. The highest BCUT2D eigenvalue weighted by molar-refractivity contribution is 7.47. The number of hydrogen-bond acceptors (Lipinski definition) is 2. The molecule has 1 nitrogen and oxygen atoms in total. The molecule has 0 atom stereocenters. The minimum Gasteiger partial charge on any atom is -0.293 e. The summed E-state index contributed by atoms with van der Waals surface area (Å²) in [5.41, 5.74) is 0. The van der Waals surface area contributed by atoms with Gasteiger partial charge in [-0.15, -0.1) is 10.3 Å². The molecule has 0 aliphatic heterocycles. The maximum atomic E-state index is 6.61. The van der Waals surface area contributed by atoms with E-state index in [1.54, 1.807) is 0 Å². The van der Waals surface area contributed by atoms with E-state index >= 15 is 0 Å². The Morgan fingerprint density at radius 2 is 2.50 bits per heavy atom. The molecule has 0 unspecified atom stereocenters. The van der Waals surface area contributed by atoms with Gasteiger partial charge in [0, 0.05) is 1.37 Å². The Bertz CT molecular complexity index is 235. The fourth-order valence-corrected chi connectivity index (χ4v) is 0.164. The minimum atomic E-state index is -0.214. The highest BCUT2D eigenvalue weighted by Gasteiger charge is 1.44. The van der Waals surface area contributed by atoms with Crippen molar-refractivity contribution in [3.8, 4) is 23.8 Å². The van der Waals surface area contributed by atoms with Crippen LogP contribution in [0.1, 0.15) is 1.37 Å². The zero-order chi connectivity index (χ0) is 7.11. The van der Waals surface area contributed by atoms with Gasteiger partial charge in [-0.1, -0.05) is 0 Å². The third-order valence-corrected chi connectivity index (χ3v) is 0.390. The Labute approximate surface area is 55.4 Å². The van der Waals surface area contributed by atoms with E-state index in [9.17, 15) is 0 Å². The van der Waals surface area contributed by atoms with Crippen LogP contribution in [0.25, 0.3) is 0 Å². The Morgan fingerprint density at radius 1 is 1.75 bits per heavy atom. The highest BCUT2D eigenvalue weighted by atomic mass is 32.1. The van der Waals surface area contributed by atoms with Gasteiger partial charge < -0.3 is 0 Å². The molecule has 0 saturated carbocycles. The lowest BCUT2D eigenvalue weighted by molar-refractivity contribution is 1.80. The first kappa shape index (κ1) is 5.03. The maximum absolute atomic E-state index is 6.61. The van der Waals surface area contributed by atoms with Crippen molar-refractivity contribution in [3.05, 3.63) is 12.6 Å². The lowest BCUT2D eigenvalue weighted by Crippen LogP contribution is -1.47. The van der Waals surface area contributed by atoms with Gasteiger partial charge in [0.1, 0.15) is 0 Å². The summed E-state index contributed by atoms with van der Waals surface area (Å²) < 4.78 is 9.65. The standard InChI is InChI=1S/C6H2NS/c1-2-3-4-5-6-7-8/h1-2H/q-1/i2D. The summed E-state index contributed by atoms with van der Waals surface area (Å²) in [7, 11) is 0. The lowest BCUT2D eigenvalue weighted by Gasteiger charge is -1.66. The van der Waals surface area contributed by atoms with Crippen LogP contribution < -0.4 is 0 Å². The van der Waals surface area contributed by atoms with E-state index < -0.39 is 0 Å². The van der Waals surface area contributed by atoms with Crippen molar-refractivity contribution in [2.75, 3.05) is 0 Å². The maximum Gasteiger partial charge on any atom is 0.0608 e. The topological polar surface area (TPSA) is 12.4 Å². The van der Waals surface area contributed by atoms with Crippen molar-refractivity contribution >= 4 is 12.4 Å². The lowest BCUT2D eigenvalue weighted by atomic mass is 10.6. The summed E-state index contributed by atoms with van der Waals surface area (Å²) in [5, 5.41) is 0. The average Bonchev–Trinajstić information content (AvgIpc) is 1.80. The van der Waals surface area contributed by atoms with Crippen LogP contribution in [-0.2, 0) is 12.4 Å². The second-order valence-corrected chi connectivity index (χ2v) is 0.905. The van der Waals surface area contributed by atoms with Crippen molar-refractivity contribution in [1.29, 1.82) is 0 Å². The predicted molar refractivity (Wildman–Crippen MR) is 34.2 cm³/mol. The molecular weight excluding hydrogens is 118 g/mol. The molecule has 0 fully saturated rings. The van der Waals surface area contributed by atoms with E-state index in [0.29, 0.717) is 0 Å². The third kappa shape index (κ3) is 4.88. The monoisotopic (exact) mass is 121 g/mol. The van der Waals surface area contributed by atoms with Gasteiger partial charge in [0.05, 0.1) is 18.5 Å². The van der Waals surface area contributed by atoms with Gasteiger partial charge in [0.2, 0.25) is 0 Å². The average molecular weight is 121 g/mol. The van der Waals surface area contributed by atoms with E-state index in [0.717, 1.165) is 0 Å². The van der Waals surface area contributed by atoms with Gasteiger partial charge in [-0.3, -0.25) is 12.5 Å². The van der Waals surface area contributed by atoms with Crippen molar-refractivity contribution in [3.63, 3.8) is 0 Å². The van der Waals surface area contributed by atoms with Gasteiger partial charge in [-0.05, 0) is 5.92 Å². The number of hydrogen-bond donors (Lipinski definition) is 0. The zero-order valence-corrected chi connectivity index (χ0v) is 4.75. The Balaban J connectivity index is 3.90. The van der Waals surface area contributed by atoms with E-state index in [2.05, 4.69) is 40.6 Å². The summed E-state index contributed by atoms with van der Waals surface area (Å²) in [6.07, 6.45) is 0. The molecular formula is C6H2NS-. The van der Waals surface area contributed by atoms with Crippen LogP contribution in [0, 0.1) is 30.4 Å². The zero-order valence-electron chi connectivity index (χ0n) is 4.93. The Kier molecular flexibility index (Phi) is 3.69. The van der Waals surface area contributed by atoms with Crippen molar-refractivity contribution in [1.82, 2.24) is 0 Å². The first-order valence-electron chi connectivity index (χ1n) is 2.19. The van der Waals surface area contributed by atoms with Crippen LogP contribution in [0.3, 0.4) is 0 Å². The first-order chi connectivity index (χ1) is 4.27. The molecule has 0 N–H and O–H groups in total. The molecule has 0 aliphatic carbocycles. The Morgan fingerprint density at radius 3 is 3.00 bits per heavy atom. The molecule has 0 heterocycles. The second-order valence-electron chi connectivity index (χ2n) is 0.722. The van der Waals surface area contributed by atoms with Gasteiger partial charge >= 0.3 is 0 Å². The van der Waals surface area contributed by atoms with Crippen molar-refractivity contribution < 1.29 is 1.37 Å². The SMILES string of the molecule is [2H]C(=[CH-])C#CC#CN=S. The number of rotatable bonds is 0. The molecule has 2 heteroatoms. The van der Waals surface area contributed by atoms with Crippen molar-refractivity contribution in [2.45, 2.75) is 0 Å². The molecule has 0 rings (SSSR count). The molecule has 0 bridgehead atoms. The molecule has 0 spiro atoms. The summed E-state index contributed by atoms with van der Waals surface area (Å²) in [5.74, 6) is 6.74.